The third-order valence-corrected chi connectivity index (χ3v) is 4.39. The predicted octanol–water partition coefficient (Wildman–Crippen LogP) is 0.595. The monoisotopic (exact) mass is 282 g/mol. The van der Waals surface area contributed by atoms with Crippen molar-refractivity contribution in [2.24, 2.45) is 11.8 Å². The Balaban J connectivity index is 2.03. The number of hydrogen-bond acceptors (Lipinski definition) is 6. The molecule has 2 rings (SSSR count). The lowest BCUT2D eigenvalue weighted by Gasteiger charge is -2.30. The maximum atomic E-state index is 12.1. The quantitative estimate of drug-likeness (QED) is 0.872. The van der Waals surface area contributed by atoms with Gasteiger partial charge in [0, 0.05) is 17.8 Å². The number of carboxylic acids is 1. The lowest BCUT2D eigenvalue weighted by molar-refractivity contribution is -0.313. The summed E-state index contributed by atoms with van der Waals surface area (Å²) < 4.78 is 0. The summed E-state index contributed by atoms with van der Waals surface area (Å²) in [5.41, 5.74) is 0. The predicted molar refractivity (Wildman–Crippen MR) is 68.4 cm³/mol. The summed E-state index contributed by atoms with van der Waals surface area (Å²) >= 11 is 1.32. The Morgan fingerprint density at radius 1 is 1.32 bits per heavy atom. The van der Waals surface area contributed by atoms with E-state index in [2.05, 4.69) is 15.5 Å². The Kier molecular flexibility index (Phi) is 4.47. The number of anilines is 1. The number of hydrogen-bond donors (Lipinski definition) is 1. The molecule has 6 nitrogen and oxygen atoms in total. The van der Waals surface area contributed by atoms with Gasteiger partial charge in [-0.05, 0) is 19.3 Å². The van der Waals surface area contributed by atoms with Gasteiger partial charge in [0.1, 0.15) is 5.01 Å². The van der Waals surface area contributed by atoms with Crippen molar-refractivity contribution in [2.45, 2.75) is 39.0 Å². The Labute approximate surface area is 115 Å². The van der Waals surface area contributed by atoms with Gasteiger partial charge in [0.2, 0.25) is 11.0 Å². The highest BCUT2D eigenvalue weighted by molar-refractivity contribution is 7.15. The number of nitrogens with zero attached hydrogens (tertiary/aromatic N) is 2. The Hall–Kier alpha value is -1.50. The van der Waals surface area contributed by atoms with E-state index in [1.54, 1.807) is 0 Å². The van der Waals surface area contributed by atoms with Crippen molar-refractivity contribution >= 4 is 28.3 Å². The Bertz CT molecular complexity index is 475. The molecule has 0 bridgehead atoms. The van der Waals surface area contributed by atoms with E-state index in [1.807, 2.05) is 6.92 Å². The van der Waals surface area contributed by atoms with Crippen molar-refractivity contribution in [3.05, 3.63) is 5.01 Å². The SMILES string of the molecule is CCc1nnc(NC(=O)C2CCCCC2C(=O)[O-])s1. The number of rotatable bonds is 4. The van der Waals surface area contributed by atoms with Crippen LogP contribution in [0.2, 0.25) is 0 Å². The second-order valence-electron chi connectivity index (χ2n) is 4.66. The molecule has 1 amide bonds. The number of carboxylic acid groups (broad SMARTS) is 1. The molecule has 1 aliphatic carbocycles. The molecule has 0 aromatic carbocycles. The van der Waals surface area contributed by atoms with Gasteiger partial charge in [0.15, 0.2) is 0 Å². The van der Waals surface area contributed by atoms with Gasteiger partial charge in [-0.3, -0.25) is 4.79 Å². The largest absolute Gasteiger partial charge is 0.550 e. The van der Waals surface area contributed by atoms with Crippen molar-refractivity contribution < 1.29 is 14.7 Å². The van der Waals surface area contributed by atoms with Crippen molar-refractivity contribution in [3.8, 4) is 0 Å². The molecule has 1 aliphatic rings. The van der Waals surface area contributed by atoms with Crippen LogP contribution in [0.5, 0.6) is 0 Å². The van der Waals surface area contributed by atoms with Crippen LogP contribution in [-0.4, -0.2) is 22.1 Å². The van der Waals surface area contributed by atoms with Crippen LogP contribution in [0.15, 0.2) is 0 Å². The van der Waals surface area contributed by atoms with Gasteiger partial charge < -0.3 is 15.2 Å². The molecule has 7 heteroatoms. The van der Waals surface area contributed by atoms with Crippen LogP contribution in [-0.2, 0) is 16.0 Å². The molecule has 19 heavy (non-hydrogen) atoms. The van der Waals surface area contributed by atoms with E-state index in [0.29, 0.717) is 18.0 Å². The maximum Gasteiger partial charge on any atom is 0.229 e. The first-order chi connectivity index (χ1) is 9.11. The second kappa shape index (κ2) is 6.10. The van der Waals surface area contributed by atoms with Crippen molar-refractivity contribution in [1.29, 1.82) is 0 Å². The number of aliphatic carboxylic acids is 1. The third kappa shape index (κ3) is 3.28. The molecule has 1 N–H and O–H groups in total. The number of aryl methyl sites for hydroxylation is 1. The Morgan fingerprint density at radius 3 is 2.58 bits per heavy atom. The number of carbonyl (C=O) groups is 2. The zero-order valence-corrected chi connectivity index (χ0v) is 11.5. The minimum atomic E-state index is -1.13. The van der Waals surface area contributed by atoms with E-state index in [1.165, 1.54) is 11.3 Å². The zero-order chi connectivity index (χ0) is 13.8. The molecule has 1 saturated carbocycles. The molecule has 2 atom stereocenters. The van der Waals surface area contributed by atoms with E-state index in [0.717, 1.165) is 24.3 Å². The average Bonchev–Trinajstić information content (AvgIpc) is 2.86. The summed E-state index contributed by atoms with van der Waals surface area (Å²) in [5, 5.41) is 22.8. The van der Waals surface area contributed by atoms with Crippen LogP contribution >= 0.6 is 11.3 Å². The van der Waals surface area contributed by atoms with Crippen molar-refractivity contribution in [1.82, 2.24) is 10.2 Å². The highest BCUT2D eigenvalue weighted by Gasteiger charge is 2.32. The maximum absolute atomic E-state index is 12.1. The normalized spacial score (nSPS) is 23.0. The van der Waals surface area contributed by atoms with Gasteiger partial charge in [0.05, 0.1) is 0 Å². The highest BCUT2D eigenvalue weighted by Crippen LogP contribution is 2.31. The standard InChI is InChI=1S/C12H17N3O3S/c1-2-9-14-15-12(19-9)13-10(16)7-5-3-4-6-8(7)11(17)18/h7-8H,2-6H2,1H3,(H,17,18)(H,13,15,16)/p-1. The Morgan fingerprint density at radius 2 is 2.00 bits per heavy atom. The van der Waals surface area contributed by atoms with E-state index < -0.39 is 17.8 Å². The van der Waals surface area contributed by atoms with E-state index in [9.17, 15) is 14.7 Å². The highest BCUT2D eigenvalue weighted by atomic mass is 32.1. The van der Waals surface area contributed by atoms with E-state index in [4.69, 9.17) is 0 Å². The average molecular weight is 282 g/mol. The van der Waals surface area contributed by atoms with Gasteiger partial charge >= 0.3 is 0 Å². The minimum Gasteiger partial charge on any atom is -0.550 e. The van der Waals surface area contributed by atoms with E-state index >= 15 is 0 Å². The molecule has 1 fully saturated rings. The second-order valence-corrected chi connectivity index (χ2v) is 5.72. The van der Waals surface area contributed by atoms with Crippen LogP contribution < -0.4 is 10.4 Å². The summed E-state index contributed by atoms with van der Waals surface area (Å²) in [4.78, 5) is 23.2. The first-order valence-corrected chi connectivity index (χ1v) is 7.27. The first kappa shape index (κ1) is 13.9. The topological polar surface area (TPSA) is 95.0 Å². The number of aromatic nitrogens is 2. The fourth-order valence-electron chi connectivity index (χ4n) is 2.37. The molecule has 2 unspecified atom stereocenters. The minimum absolute atomic E-state index is 0.285. The number of nitrogens with one attached hydrogen (secondary N) is 1. The lowest BCUT2D eigenvalue weighted by atomic mass is 9.79. The molecule has 104 valence electrons. The molecule has 0 saturated heterocycles. The van der Waals surface area contributed by atoms with Gasteiger partial charge in [-0.25, -0.2) is 0 Å². The summed E-state index contributed by atoms with van der Waals surface area (Å²) in [6.07, 6.45) is 3.57. The number of carbonyl (C=O) groups excluding carboxylic acids is 2. The van der Waals surface area contributed by atoms with Crippen LogP contribution in [0.3, 0.4) is 0 Å². The fraction of sp³-hybridized carbons (Fsp3) is 0.667. The molecule has 0 radical (unpaired) electrons. The molecular formula is C12H16N3O3S-. The van der Waals surface area contributed by atoms with Crippen molar-refractivity contribution in [3.63, 3.8) is 0 Å². The smallest absolute Gasteiger partial charge is 0.229 e. The van der Waals surface area contributed by atoms with Gasteiger partial charge in [-0.15, -0.1) is 10.2 Å². The molecule has 1 aromatic rings. The van der Waals surface area contributed by atoms with Crippen LogP contribution in [0.1, 0.15) is 37.6 Å². The van der Waals surface area contributed by atoms with Gasteiger partial charge in [-0.1, -0.05) is 31.1 Å². The zero-order valence-electron chi connectivity index (χ0n) is 10.7. The van der Waals surface area contributed by atoms with Crippen LogP contribution in [0, 0.1) is 11.8 Å². The molecule has 0 aliphatic heterocycles. The summed E-state index contributed by atoms with van der Waals surface area (Å²) in [6.45, 7) is 1.96. The summed E-state index contributed by atoms with van der Waals surface area (Å²) in [5.74, 6) is -2.63. The molecule has 1 heterocycles. The van der Waals surface area contributed by atoms with Gasteiger partial charge in [0.25, 0.3) is 0 Å². The molecular weight excluding hydrogens is 266 g/mol. The summed E-state index contributed by atoms with van der Waals surface area (Å²) in [7, 11) is 0. The fourth-order valence-corrected chi connectivity index (χ4v) is 3.05. The molecule has 0 spiro atoms. The van der Waals surface area contributed by atoms with Crippen molar-refractivity contribution in [2.75, 3.05) is 5.32 Å². The lowest BCUT2D eigenvalue weighted by Crippen LogP contribution is -2.42. The van der Waals surface area contributed by atoms with Gasteiger partial charge in [-0.2, -0.15) is 0 Å². The summed E-state index contributed by atoms with van der Waals surface area (Å²) in [6, 6.07) is 0. The van der Waals surface area contributed by atoms with Crippen LogP contribution in [0.4, 0.5) is 5.13 Å². The third-order valence-electron chi connectivity index (χ3n) is 3.40. The van der Waals surface area contributed by atoms with E-state index in [-0.39, 0.29) is 5.91 Å². The molecule has 1 aromatic heterocycles. The van der Waals surface area contributed by atoms with Crippen LogP contribution in [0.25, 0.3) is 0 Å². The first-order valence-electron chi connectivity index (χ1n) is 6.46. The number of amides is 1.